The molecule has 7 heavy (non-hydrogen) atoms. The van der Waals surface area contributed by atoms with E-state index in [2.05, 4.69) is 2.46 Å². The van der Waals surface area contributed by atoms with Gasteiger partial charge < -0.3 is 1.43 Å². The molecule has 1 atom stereocenters. The van der Waals surface area contributed by atoms with Crippen LogP contribution in [0.4, 0.5) is 0 Å². The second kappa shape index (κ2) is 11.4. The van der Waals surface area contributed by atoms with Crippen LogP contribution in [-0.4, -0.2) is 32.2 Å². The summed E-state index contributed by atoms with van der Waals surface area (Å²) in [6, 6.07) is 0. The topological polar surface area (TPSA) is 46.5 Å². The molecule has 7 heteroatoms. The van der Waals surface area contributed by atoms with Crippen molar-refractivity contribution in [2.24, 2.45) is 0 Å². The first-order valence-electron chi connectivity index (χ1n) is 0.752. The summed E-state index contributed by atoms with van der Waals surface area (Å²) in [4.78, 5) is 0. The van der Waals surface area contributed by atoms with Crippen molar-refractivity contribution in [1.82, 2.24) is 0 Å². The second-order valence-corrected chi connectivity index (χ2v) is 2.59. The molecule has 0 aromatic carbocycles. The van der Waals surface area contributed by atoms with E-state index in [0.717, 1.165) is 0 Å². The van der Waals surface area contributed by atoms with Crippen LogP contribution in [0.3, 0.4) is 0 Å². The molecular weight excluding hydrogens is 321 g/mol. The third-order valence-electron chi connectivity index (χ3n) is 0.0823. The Labute approximate surface area is 96.5 Å². The van der Waals surface area contributed by atoms with Gasteiger partial charge in [-0.25, -0.2) is 0 Å². The van der Waals surface area contributed by atoms with Crippen molar-refractivity contribution >= 4 is 34.8 Å². The summed E-state index contributed by atoms with van der Waals surface area (Å²) in [7, 11) is 0. The molecule has 0 aromatic heterocycles. The summed E-state index contributed by atoms with van der Waals surface area (Å²) in [5, 5.41) is 0. The minimum Gasteiger partial charge on any atom is -1.00 e. The first-order chi connectivity index (χ1) is 2.27. The first-order valence-corrected chi connectivity index (χ1v) is 3.13. The molecule has 0 amide bonds. The fraction of sp³-hybridized carbons (Fsp3) is 0. The molecule has 0 aliphatic heterocycles. The van der Waals surface area contributed by atoms with Gasteiger partial charge in [0.2, 0.25) is 0 Å². The Morgan fingerprint density at radius 2 is 2.00 bits per heavy atom. The molecule has 0 aliphatic rings. The Hall–Kier alpha value is 2.58. The van der Waals surface area contributed by atoms with Gasteiger partial charge >= 0.3 is 75.6 Å². The van der Waals surface area contributed by atoms with Crippen LogP contribution in [0, 0.1) is 0 Å². The Balaban J connectivity index is -0.0000000267. The van der Waals surface area contributed by atoms with E-state index in [9.17, 15) is 4.21 Å². The maximum atomic E-state index is 9.29. The van der Waals surface area contributed by atoms with Crippen LogP contribution in [0.1, 0.15) is 1.43 Å². The zero-order chi connectivity index (χ0) is 4.28. The molecule has 1 unspecified atom stereocenters. The molecule has 0 radical (unpaired) electrons. The maximum Gasteiger partial charge on any atom is 1.00 e. The van der Waals surface area contributed by atoms with Crippen molar-refractivity contribution < 1.29 is 63.3 Å². The minimum atomic E-state index is -2.01. The molecule has 0 aliphatic carbocycles. The Morgan fingerprint density at radius 3 is 2.00 bits per heavy atom. The van der Waals surface area contributed by atoms with Crippen molar-refractivity contribution in [1.29, 1.82) is 0 Å². The molecule has 0 bridgehead atoms. The second-order valence-electron chi connectivity index (χ2n) is 0.313. The van der Waals surface area contributed by atoms with Crippen LogP contribution in [0.25, 0.3) is 0 Å². The van der Waals surface area contributed by atoms with E-state index >= 15 is 0 Å². The van der Waals surface area contributed by atoms with Crippen LogP contribution in [0.5, 0.6) is 0 Å². The quantitative estimate of drug-likeness (QED) is 0.393. The predicted octanol–water partition coefficient (Wildman–Crippen LogP) is -4.20. The van der Waals surface area contributed by atoms with Crippen LogP contribution < -0.4 is 29.6 Å². The molecule has 3 nitrogen and oxygen atoms in total. The summed E-state index contributed by atoms with van der Waals surface area (Å²) in [6.07, 6.45) is 0. The molecule has 40 valence electrons. The fourth-order valence-electron chi connectivity index (χ4n) is 0. The molecule has 0 aromatic rings. The van der Waals surface area contributed by atoms with Gasteiger partial charge in [0.1, 0.15) is 0 Å². The van der Waals surface area contributed by atoms with Crippen molar-refractivity contribution in [2.75, 3.05) is 0 Å². The van der Waals surface area contributed by atoms with Crippen molar-refractivity contribution in [2.45, 2.75) is 0 Å². The van der Waals surface area contributed by atoms with E-state index in [1.165, 1.54) is 0 Å². The Morgan fingerprint density at radius 1 is 1.86 bits per heavy atom. The van der Waals surface area contributed by atoms with Gasteiger partial charge in [0.15, 0.2) is 0 Å². The largest absolute Gasteiger partial charge is 1.00 e. The van der Waals surface area contributed by atoms with Crippen molar-refractivity contribution in [3.8, 4) is 0 Å². The summed E-state index contributed by atoms with van der Waals surface area (Å²) < 4.78 is 20.8. The van der Waals surface area contributed by atoms with Gasteiger partial charge in [-0.1, -0.05) is 0 Å². The van der Waals surface area contributed by atoms with Crippen molar-refractivity contribution in [3.05, 3.63) is 0 Å². The third kappa shape index (κ3) is 17.7. The molecule has 0 heterocycles. The van der Waals surface area contributed by atoms with Crippen LogP contribution in [0.2, 0.25) is 0 Å². The molecule has 0 fully saturated rings. The molecule has 0 spiro atoms. The zero-order valence-electron chi connectivity index (χ0n) is 4.66. The molecule has 0 rings (SSSR count). The van der Waals surface area contributed by atoms with Crippen LogP contribution in [-0.2, 0) is 34.9 Å². The fourth-order valence-corrected chi connectivity index (χ4v) is 0. The summed E-state index contributed by atoms with van der Waals surface area (Å²) >= 11 is -1.64. The maximum absolute atomic E-state index is 9.29. The SMILES string of the molecule is O=S(O)[O][SbH2].[H-].[Mo].[Na+]. The Kier molecular flexibility index (Phi) is 26.5. The molecular formula is H4MoNaO3SSb. The average Bonchev–Trinajstić information content (AvgIpc) is 1.38. The van der Waals surface area contributed by atoms with Gasteiger partial charge in [-0.05, 0) is 0 Å². The number of hydrogen-bond donors (Lipinski definition) is 1. The Bertz CT molecular complexity index is 54.5. The predicted molar refractivity (Wildman–Crippen MR) is 21.5 cm³/mol. The molecule has 1 N–H and O–H groups in total. The smallest absolute Gasteiger partial charge is 1.00 e. The average molecular weight is 325 g/mol. The van der Waals surface area contributed by atoms with Crippen molar-refractivity contribution in [3.63, 3.8) is 0 Å². The summed E-state index contributed by atoms with van der Waals surface area (Å²) in [5.41, 5.74) is 0. The molecule has 0 saturated carbocycles. The molecule has 0 saturated heterocycles. The van der Waals surface area contributed by atoms with Gasteiger partial charge in [-0.2, -0.15) is 0 Å². The van der Waals surface area contributed by atoms with Gasteiger partial charge in [0.25, 0.3) is 0 Å². The first kappa shape index (κ1) is 16.3. The van der Waals surface area contributed by atoms with Gasteiger partial charge in [-0.3, -0.25) is 0 Å². The number of hydrogen-bond acceptors (Lipinski definition) is 2. The van der Waals surface area contributed by atoms with Gasteiger partial charge in [0.05, 0.1) is 0 Å². The van der Waals surface area contributed by atoms with E-state index < -0.39 is 11.4 Å². The van der Waals surface area contributed by atoms with Crippen LogP contribution in [0.15, 0.2) is 0 Å². The van der Waals surface area contributed by atoms with Gasteiger partial charge in [-0.15, -0.1) is 0 Å². The summed E-state index contributed by atoms with van der Waals surface area (Å²) in [6.45, 7) is 0. The van der Waals surface area contributed by atoms with Gasteiger partial charge in [0, 0.05) is 21.1 Å². The minimum absolute atomic E-state index is 0. The van der Waals surface area contributed by atoms with E-state index in [-0.39, 0.29) is 52.0 Å². The van der Waals surface area contributed by atoms with E-state index in [0.29, 0.717) is 23.4 Å². The monoisotopic (exact) mass is 326 g/mol. The van der Waals surface area contributed by atoms with E-state index in [1.807, 2.05) is 0 Å². The normalized spacial score (nSPS) is 10.6. The summed E-state index contributed by atoms with van der Waals surface area (Å²) in [5.74, 6) is 0. The van der Waals surface area contributed by atoms with E-state index in [1.54, 1.807) is 0 Å². The van der Waals surface area contributed by atoms with E-state index in [4.69, 9.17) is 4.55 Å². The zero-order valence-corrected chi connectivity index (χ0v) is 11.8. The third-order valence-corrected chi connectivity index (χ3v) is 1.66. The number of rotatable bonds is 1. The van der Waals surface area contributed by atoms with Crippen LogP contribution >= 0.6 is 0 Å². The standard InChI is InChI=1S/Mo.Na.H2O3S.Sb.3H/c;;1-4(2)3;;;;/h;;(H2,1,2,3);;;;/q;+1;;+1;;;-1/p-1.